The minimum atomic E-state index is -0.187. The predicted molar refractivity (Wildman–Crippen MR) is 153 cm³/mol. The summed E-state index contributed by atoms with van der Waals surface area (Å²) in [6, 6.07) is 11.5. The Morgan fingerprint density at radius 2 is 1.95 bits per heavy atom. The minimum absolute atomic E-state index is 0.187. The van der Waals surface area contributed by atoms with Crippen LogP contribution in [0, 0.1) is 0 Å². The van der Waals surface area contributed by atoms with Gasteiger partial charge in [-0.1, -0.05) is 11.5 Å². The molecule has 7 nitrogen and oxygen atoms in total. The fourth-order valence-electron chi connectivity index (χ4n) is 5.82. The molecule has 1 aliphatic carbocycles. The molecule has 0 amide bonds. The smallest absolute Gasteiger partial charge is 0.209 e. The van der Waals surface area contributed by atoms with Crippen LogP contribution in [0.15, 0.2) is 70.6 Å². The Labute approximate surface area is 224 Å². The van der Waals surface area contributed by atoms with Crippen molar-refractivity contribution in [2.75, 3.05) is 18.8 Å². The van der Waals surface area contributed by atoms with Gasteiger partial charge >= 0.3 is 0 Å². The normalized spacial score (nSPS) is 17.5. The van der Waals surface area contributed by atoms with E-state index in [9.17, 15) is 5.11 Å². The number of hydrogen-bond acceptors (Lipinski definition) is 4. The Hall–Kier alpha value is -3.96. The molecule has 0 fully saturated rings. The molecule has 38 heavy (non-hydrogen) atoms. The van der Waals surface area contributed by atoms with Gasteiger partial charge in [0.05, 0.1) is 5.41 Å². The van der Waals surface area contributed by atoms with E-state index in [1.54, 1.807) is 12.1 Å². The Kier molecular flexibility index (Phi) is 7.30. The molecule has 0 unspecified atom stereocenters. The lowest BCUT2D eigenvalue weighted by molar-refractivity contribution is -0.438. The van der Waals surface area contributed by atoms with Crippen molar-refractivity contribution in [1.29, 1.82) is 0 Å². The minimum Gasteiger partial charge on any atom is -0.508 e. The number of phenolic OH excluding ortho intramolecular Hbond substituents is 1. The van der Waals surface area contributed by atoms with Crippen LogP contribution >= 0.6 is 0 Å². The number of aromatic hydroxyl groups is 1. The van der Waals surface area contributed by atoms with Crippen molar-refractivity contribution in [1.82, 2.24) is 0 Å². The predicted octanol–water partition coefficient (Wildman–Crippen LogP) is 7.69. The molecule has 0 saturated carbocycles. The Bertz CT molecular complexity index is 1420. The molecule has 2 aromatic rings. The van der Waals surface area contributed by atoms with Gasteiger partial charge in [-0.15, -0.1) is 0 Å². The van der Waals surface area contributed by atoms with Crippen LogP contribution in [0.4, 0.5) is 11.4 Å². The van der Waals surface area contributed by atoms with Crippen molar-refractivity contribution in [3.05, 3.63) is 87.0 Å². The molecule has 0 saturated heterocycles. The first-order valence-corrected chi connectivity index (χ1v) is 13.6. The average Bonchev–Trinajstić information content (AvgIpc) is 3.10. The summed E-state index contributed by atoms with van der Waals surface area (Å²) in [6.45, 7) is 6.02. The third kappa shape index (κ3) is 5.07. The van der Waals surface area contributed by atoms with Crippen molar-refractivity contribution in [3.63, 3.8) is 0 Å². The van der Waals surface area contributed by atoms with E-state index in [1.807, 2.05) is 12.1 Å². The standard InChI is InChI=1S/C31H35N5O2/c1-31(2)26-19-24(32)12-14-27(26)36(17-6-4-3-5-16-34-35-33)29(31)15-11-21-8-7-9-23-18-22-10-13-25(37)20-28(22)38-30(21)23/h10-15,18-20H,3-9,16-17,32H2,1-2H3/p+1. The van der Waals surface area contributed by atoms with Gasteiger partial charge < -0.3 is 15.6 Å². The Morgan fingerprint density at radius 3 is 2.79 bits per heavy atom. The van der Waals surface area contributed by atoms with Gasteiger partial charge in [-0.05, 0) is 99.0 Å². The van der Waals surface area contributed by atoms with E-state index < -0.39 is 0 Å². The molecule has 7 heteroatoms. The van der Waals surface area contributed by atoms with Gasteiger partial charge in [0.15, 0.2) is 5.71 Å². The fraction of sp³-hybridized carbons (Fsp3) is 0.387. The molecule has 5 rings (SSSR count). The molecule has 0 atom stereocenters. The molecule has 196 valence electrons. The van der Waals surface area contributed by atoms with Gasteiger partial charge in [0.25, 0.3) is 0 Å². The van der Waals surface area contributed by atoms with Crippen molar-refractivity contribution < 1.29 is 14.4 Å². The number of nitrogens with two attached hydrogens (primary N) is 1. The lowest BCUT2D eigenvalue weighted by Crippen LogP contribution is -2.28. The molecule has 3 aliphatic rings. The highest BCUT2D eigenvalue weighted by molar-refractivity contribution is 6.03. The van der Waals surface area contributed by atoms with E-state index in [4.69, 9.17) is 16.0 Å². The highest BCUT2D eigenvalue weighted by atomic mass is 16.5. The largest absolute Gasteiger partial charge is 0.508 e. The number of azide groups is 1. The van der Waals surface area contributed by atoms with Gasteiger partial charge in [-0.2, -0.15) is 4.58 Å². The van der Waals surface area contributed by atoms with Crippen molar-refractivity contribution in [3.8, 4) is 11.5 Å². The van der Waals surface area contributed by atoms with Gasteiger partial charge in [0.1, 0.15) is 23.8 Å². The molecular formula is C31H36N5O2+. The summed E-state index contributed by atoms with van der Waals surface area (Å²) in [6.07, 6.45) is 13.8. The van der Waals surface area contributed by atoms with Gasteiger partial charge in [0, 0.05) is 52.9 Å². The Morgan fingerprint density at radius 1 is 1.11 bits per heavy atom. The summed E-state index contributed by atoms with van der Waals surface area (Å²) >= 11 is 0. The van der Waals surface area contributed by atoms with E-state index in [0.717, 1.165) is 68.5 Å². The number of rotatable bonds is 9. The van der Waals surface area contributed by atoms with Crippen molar-refractivity contribution >= 4 is 23.2 Å². The van der Waals surface area contributed by atoms with Crippen LogP contribution in [-0.2, 0) is 5.41 Å². The first-order valence-electron chi connectivity index (χ1n) is 13.6. The molecule has 0 radical (unpaired) electrons. The number of anilines is 1. The number of phenols is 1. The second-order valence-electron chi connectivity index (χ2n) is 10.8. The highest BCUT2D eigenvalue weighted by Gasteiger charge is 2.44. The van der Waals surface area contributed by atoms with Crippen LogP contribution in [0.25, 0.3) is 16.5 Å². The van der Waals surface area contributed by atoms with Crippen molar-refractivity contribution in [2.24, 2.45) is 5.11 Å². The lowest BCUT2D eigenvalue weighted by atomic mass is 9.80. The maximum Gasteiger partial charge on any atom is 0.209 e. The third-order valence-corrected chi connectivity index (χ3v) is 7.83. The van der Waals surface area contributed by atoms with Crippen LogP contribution in [0.5, 0.6) is 11.5 Å². The summed E-state index contributed by atoms with van der Waals surface area (Å²) in [7, 11) is 0. The summed E-state index contributed by atoms with van der Waals surface area (Å²) in [5.74, 6) is 1.84. The maximum atomic E-state index is 9.96. The number of fused-ring (bicyclic) bond motifs is 3. The summed E-state index contributed by atoms with van der Waals surface area (Å²) in [5, 5.41) is 13.6. The summed E-state index contributed by atoms with van der Waals surface area (Å²) in [5.41, 5.74) is 22.4. The van der Waals surface area contributed by atoms with Crippen LogP contribution in [0.1, 0.15) is 69.9 Å². The second kappa shape index (κ2) is 10.8. The zero-order valence-electron chi connectivity index (χ0n) is 22.3. The average molecular weight is 511 g/mol. The first kappa shape index (κ1) is 25.7. The first-order chi connectivity index (χ1) is 18.4. The molecule has 2 aromatic carbocycles. The van der Waals surface area contributed by atoms with Gasteiger partial charge in [0.2, 0.25) is 5.69 Å². The molecule has 0 aromatic heterocycles. The quantitative estimate of drug-likeness (QED) is 0.0901. The molecule has 0 bridgehead atoms. The van der Waals surface area contributed by atoms with Crippen LogP contribution in [0.3, 0.4) is 0 Å². The lowest BCUT2D eigenvalue weighted by Gasteiger charge is -2.26. The monoisotopic (exact) mass is 510 g/mol. The number of unbranched alkanes of at least 4 members (excludes halogenated alkanes) is 3. The van der Waals surface area contributed by atoms with E-state index in [-0.39, 0.29) is 11.2 Å². The molecular weight excluding hydrogens is 474 g/mol. The van der Waals surface area contributed by atoms with E-state index >= 15 is 0 Å². The second-order valence-corrected chi connectivity index (χ2v) is 10.8. The van der Waals surface area contributed by atoms with Crippen LogP contribution < -0.4 is 10.5 Å². The number of allylic oxidation sites excluding steroid dienone is 4. The molecule has 2 aliphatic heterocycles. The van der Waals surface area contributed by atoms with E-state index in [1.165, 1.54) is 28.1 Å². The maximum absolute atomic E-state index is 9.96. The topological polar surface area (TPSA) is 107 Å². The van der Waals surface area contributed by atoms with Gasteiger partial charge in [-0.3, -0.25) is 0 Å². The van der Waals surface area contributed by atoms with Crippen LogP contribution in [-0.4, -0.2) is 28.5 Å². The number of nitrogens with zero attached hydrogens (tertiary/aromatic N) is 4. The van der Waals surface area contributed by atoms with E-state index in [0.29, 0.717) is 12.3 Å². The SMILES string of the molecule is CC1(C)C(/C=C/C2=C3Oc4cc(O)ccc4C=C3CCC2)=[N+](CCCCCCN=[N+]=[N-])c2ccc(N)cc21. The zero-order valence-corrected chi connectivity index (χ0v) is 22.3. The van der Waals surface area contributed by atoms with Crippen LogP contribution in [0.2, 0.25) is 0 Å². The fourth-order valence-corrected chi connectivity index (χ4v) is 5.82. The number of benzene rings is 2. The Balaban J connectivity index is 1.45. The molecule has 2 heterocycles. The molecule has 0 spiro atoms. The van der Waals surface area contributed by atoms with Crippen molar-refractivity contribution in [2.45, 2.75) is 64.2 Å². The zero-order chi connectivity index (χ0) is 26.7. The van der Waals surface area contributed by atoms with Gasteiger partial charge in [-0.25, -0.2) is 0 Å². The van der Waals surface area contributed by atoms with E-state index in [2.05, 4.69) is 58.8 Å². The molecule has 3 N–H and O–H groups in total. The number of nitrogen functional groups attached to an aromatic ring is 1. The number of ether oxygens (including phenoxy) is 1. The summed E-state index contributed by atoms with van der Waals surface area (Å²) in [4.78, 5) is 2.84. The third-order valence-electron chi connectivity index (χ3n) is 7.83. The number of hydrogen-bond donors (Lipinski definition) is 2. The summed E-state index contributed by atoms with van der Waals surface area (Å²) < 4.78 is 8.79. The highest BCUT2D eigenvalue weighted by Crippen LogP contribution is 2.43.